The Kier molecular flexibility index (Phi) is 2.21. The Balaban J connectivity index is 1.95. The lowest BCUT2D eigenvalue weighted by atomic mass is 10.2. The van der Waals surface area contributed by atoms with Crippen LogP contribution in [-0.2, 0) is 0 Å². The number of aliphatic imine (C=N–C) groups is 1. The second-order valence-electron chi connectivity index (χ2n) is 3.04. The highest BCUT2D eigenvalue weighted by Gasteiger charge is 2.11. The summed E-state index contributed by atoms with van der Waals surface area (Å²) in [6.07, 6.45) is 1.68. The topological polar surface area (TPSA) is 49.6 Å². The first-order valence-corrected chi connectivity index (χ1v) is 4.44. The van der Waals surface area contributed by atoms with Gasteiger partial charge in [0.15, 0.2) is 5.96 Å². The van der Waals surface area contributed by atoms with Crippen molar-refractivity contribution in [3.63, 3.8) is 0 Å². The molecule has 70 valence electrons. The van der Waals surface area contributed by atoms with Gasteiger partial charge in [0.05, 0.1) is 18.8 Å². The maximum absolute atomic E-state index is 5.26. The molecule has 2 heterocycles. The van der Waals surface area contributed by atoms with Crippen molar-refractivity contribution in [1.29, 1.82) is 0 Å². The van der Waals surface area contributed by atoms with Crippen LogP contribution in [0.1, 0.15) is 18.7 Å². The van der Waals surface area contributed by atoms with Crippen LogP contribution in [0, 0.1) is 0 Å². The van der Waals surface area contributed by atoms with Crippen molar-refractivity contribution >= 4 is 5.96 Å². The third-order valence-electron chi connectivity index (χ3n) is 2.00. The zero-order valence-corrected chi connectivity index (χ0v) is 7.58. The van der Waals surface area contributed by atoms with Gasteiger partial charge in [0.2, 0.25) is 0 Å². The van der Waals surface area contributed by atoms with Crippen molar-refractivity contribution in [3.05, 3.63) is 24.2 Å². The van der Waals surface area contributed by atoms with E-state index in [1.807, 2.05) is 19.1 Å². The Hall–Kier alpha value is -1.45. The summed E-state index contributed by atoms with van der Waals surface area (Å²) in [6, 6.07) is 4.00. The average molecular weight is 179 g/mol. The van der Waals surface area contributed by atoms with Crippen LogP contribution in [0.25, 0.3) is 0 Å². The van der Waals surface area contributed by atoms with E-state index in [4.69, 9.17) is 4.42 Å². The number of guanidine groups is 1. The van der Waals surface area contributed by atoms with Gasteiger partial charge in [0.25, 0.3) is 0 Å². The van der Waals surface area contributed by atoms with Crippen molar-refractivity contribution in [3.8, 4) is 0 Å². The lowest BCUT2D eigenvalue weighted by molar-refractivity contribution is 0.461. The number of hydrogen-bond donors (Lipinski definition) is 2. The van der Waals surface area contributed by atoms with E-state index in [1.165, 1.54) is 0 Å². The molecule has 1 aromatic heterocycles. The van der Waals surface area contributed by atoms with E-state index in [-0.39, 0.29) is 6.04 Å². The van der Waals surface area contributed by atoms with E-state index >= 15 is 0 Å². The SMILES string of the molecule is CC(NC1=NCCN1)c1ccco1. The van der Waals surface area contributed by atoms with Gasteiger partial charge in [0, 0.05) is 6.54 Å². The molecule has 2 rings (SSSR count). The molecule has 1 unspecified atom stereocenters. The summed E-state index contributed by atoms with van der Waals surface area (Å²) in [5.41, 5.74) is 0. The third-order valence-corrected chi connectivity index (χ3v) is 2.00. The van der Waals surface area contributed by atoms with Gasteiger partial charge in [-0.05, 0) is 19.1 Å². The molecule has 0 saturated carbocycles. The molecule has 1 atom stereocenters. The highest BCUT2D eigenvalue weighted by atomic mass is 16.3. The first kappa shape index (κ1) is 8.16. The van der Waals surface area contributed by atoms with Gasteiger partial charge in [-0.1, -0.05) is 0 Å². The van der Waals surface area contributed by atoms with Crippen molar-refractivity contribution in [2.24, 2.45) is 4.99 Å². The number of nitrogens with one attached hydrogen (secondary N) is 2. The summed E-state index contributed by atoms with van der Waals surface area (Å²) in [6.45, 7) is 3.82. The lowest BCUT2D eigenvalue weighted by Gasteiger charge is -2.12. The van der Waals surface area contributed by atoms with Crippen molar-refractivity contribution in [1.82, 2.24) is 10.6 Å². The van der Waals surface area contributed by atoms with Crippen LogP contribution < -0.4 is 10.6 Å². The molecular weight excluding hydrogens is 166 g/mol. The minimum absolute atomic E-state index is 0.166. The monoisotopic (exact) mass is 179 g/mol. The highest BCUT2D eigenvalue weighted by molar-refractivity contribution is 5.81. The molecule has 0 fully saturated rings. The summed E-state index contributed by atoms with van der Waals surface area (Å²) >= 11 is 0. The Labute approximate surface area is 77.0 Å². The predicted molar refractivity (Wildman–Crippen MR) is 50.6 cm³/mol. The van der Waals surface area contributed by atoms with Gasteiger partial charge < -0.3 is 15.1 Å². The van der Waals surface area contributed by atoms with Gasteiger partial charge in [-0.15, -0.1) is 0 Å². The molecule has 0 spiro atoms. The van der Waals surface area contributed by atoms with Crippen LogP contribution in [0.3, 0.4) is 0 Å². The van der Waals surface area contributed by atoms with Gasteiger partial charge in [0.1, 0.15) is 5.76 Å². The van der Waals surface area contributed by atoms with Crippen LogP contribution in [0.15, 0.2) is 27.8 Å². The molecule has 1 aliphatic heterocycles. The number of furan rings is 1. The molecule has 0 aromatic carbocycles. The average Bonchev–Trinajstić information content (AvgIpc) is 2.74. The molecule has 0 radical (unpaired) electrons. The quantitative estimate of drug-likeness (QED) is 0.708. The fourth-order valence-corrected chi connectivity index (χ4v) is 1.31. The maximum atomic E-state index is 5.26. The molecule has 0 saturated heterocycles. The van der Waals surface area contributed by atoms with Crippen LogP contribution >= 0.6 is 0 Å². The lowest BCUT2D eigenvalue weighted by Crippen LogP contribution is -2.35. The Morgan fingerprint density at radius 1 is 1.69 bits per heavy atom. The second-order valence-corrected chi connectivity index (χ2v) is 3.04. The van der Waals surface area contributed by atoms with Gasteiger partial charge >= 0.3 is 0 Å². The van der Waals surface area contributed by atoms with Crippen LogP contribution in [0.4, 0.5) is 0 Å². The van der Waals surface area contributed by atoms with Crippen molar-refractivity contribution in [2.45, 2.75) is 13.0 Å². The van der Waals surface area contributed by atoms with E-state index in [0.717, 1.165) is 24.8 Å². The number of nitrogens with zero attached hydrogens (tertiary/aromatic N) is 1. The zero-order chi connectivity index (χ0) is 9.10. The Bertz CT molecular complexity index is 292. The molecular formula is C9H13N3O. The molecule has 4 heteroatoms. The van der Waals surface area contributed by atoms with E-state index in [1.54, 1.807) is 6.26 Å². The van der Waals surface area contributed by atoms with E-state index < -0.39 is 0 Å². The van der Waals surface area contributed by atoms with Crippen LogP contribution in [0.5, 0.6) is 0 Å². The van der Waals surface area contributed by atoms with E-state index in [2.05, 4.69) is 15.6 Å². The second kappa shape index (κ2) is 3.51. The fourth-order valence-electron chi connectivity index (χ4n) is 1.31. The first-order chi connectivity index (χ1) is 6.36. The molecule has 0 amide bonds. The summed E-state index contributed by atoms with van der Waals surface area (Å²) in [5, 5.41) is 6.37. The van der Waals surface area contributed by atoms with Crippen molar-refractivity contribution in [2.75, 3.05) is 13.1 Å². The Morgan fingerprint density at radius 3 is 3.23 bits per heavy atom. The first-order valence-electron chi connectivity index (χ1n) is 4.44. The molecule has 4 nitrogen and oxygen atoms in total. The fraction of sp³-hybridized carbons (Fsp3) is 0.444. The molecule has 1 aromatic rings. The van der Waals surface area contributed by atoms with Gasteiger partial charge in [-0.3, -0.25) is 4.99 Å². The molecule has 13 heavy (non-hydrogen) atoms. The molecule has 0 aliphatic carbocycles. The summed E-state index contributed by atoms with van der Waals surface area (Å²) in [4.78, 5) is 4.24. The van der Waals surface area contributed by atoms with E-state index in [9.17, 15) is 0 Å². The zero-order valence-electron chi connectivity index (χ0n) is 7.58. The minimum atomic E-state index is 0.166. The van der Waals surface area contributed by atoms with E-state index in [0.29, 0.717) is 0 Å². The molecule has 0 bridgehead atoms. The normalized spacial score (nSPS) is 17.8. The standard InChI is InChI=1S/C9H13N3O/c1-7(8-3-2-6-13-8)12-9-10-4-5-11-9/h2-3,6-7H,4-5H2,1H3,(H2,10,11,12). The maximum Gasteiger partial charge on any atom is 0.191 e. The summed E-state index contributed by atoms with van der Waals surface area (Å²) in [5.74, 6) is 1.79. The number of rotatable bonds is 2. The van der Waals surface area contributed by atoms with Crippen LogP contribution in [-0.4, -0.2) is 19.0 Å². The van der Waals surface area contributed by atoms with Crippen molar-refractivity contribution < 1.29 is 4.42 Å². The molecule has 2 N–H and O–H groups in total. The van der Waals surface area contributed by atoms with Crippen LogP contribution in [0.2, 0.25) is 0 Å². The summed E-state index contributed by atoms with van der Waals surface area (Å²) < 4.78 is 5.26. The minimum Gasteiger partial charge on any atom is -0.467 e. The molecule has 1 aliphatic rings. The third kappa shape index (κ3) is 1.83. The summed E-state index contributed by atoms with van der Waals surface area (Å²) in [7, 11) is 0. The highest BCUT2D eigenvalue weighted by Crippen LogP contribution is 2.11. The van der Waals surface area contributed by atoms with Gasteiger partial charge in [-0.25, -0.2) is 0 Å². The largest absolute Gasteiger partial charge is 0.467 e. The number of hydrogen-bond acceptors (Lipinski definition) is 4. The van der Waals surface area contributed by atoms with Gasteiger partial charge in [-0.2, -0.15) is 0 Å². The predicted octanol–water partition coefficient (Wildman–Crippen LogP) is 0.889. The smallest absolute Gasteiger partial charge is 0.191 e. The Morgan fingerprint density at radius 2 is 2.62 bits per heavy atom.